The molecule has 0 aliphatic rings. The molecule has 0 saturated carbocycles. The molecule has 0 saturated heterocycles. The van der Waals surface area contributed by atoms with Crippen LogP contribution in [0.15, 0.2) is 54.2 Å². The smallest absolute Gasteiger partial charge is 0.265 e. The van der Waals surface area contributed by atoms with Crippen LogP contribution in [0.1, 0.15) is 0 Å². The quantitative estimate of drug-likeness (QED) is 0.716. The number of pyridine rings is 1. The van der Waals surface area contributed by atoms with Gasteiger partial charge in [-0.3, -0.25) is 4.98 Å². The van der Waals surface area contributed by atoms with Crippen LogP contribution in [0, 0.1) is 0 Å². The van der Waals surface area contributed by atoms with Crippen LogP contribution in [-0.4, -0.2) is 23.4 Å². The number of sulfonamides is 1. The van der Waals surface area contributed by atoms with Crippen LogP contribution >= 0.6 is 0 Å². The maximum absolute atomic E-state index is 10.5. The zero-order chi connectivity index (χ0) is 11.9. The zero-order valence-corrected chi connectivity index (χ0v) is 9.08. The minimum absolute atomic E-state index is 0.352. The molecule has 2 N–H and O–H groups in total. The first-order valence-electron chi connectivity index (χ1n) is 4.25. The van der Waals surface area contributed by atoms with E-state index in [0.29, 0.717) is 0 Å². The second-order valence-corrected chi connectivity index (χ2v) is 4.06. The molecule has 0 unspecified atom stereocenters. The number of nitrogens with two attached hydrogens (primary N) is 1. The average molecular weight is 238 g/mol. The van der Waals surface area contributed by atoms with Gasteiger partial charge in [0.05, 0.1) is 0 Å². The lowest BCUT2D eigenvalue weighted by atomic mass is 10.5. The van der Waals surface area contributed by atoms with Gasteiger partial charge in [0.25, 0.3) is 15.2 Å². The van der Waals surface area contributed by atoms with Crippen molar-refractivity contribution in [2.75, 3.05) is 0 Å². The number of nitrogens with zero attached hydrogens (tertiary/aromatic N) is 3. The van der Waals surface area contributed by atoms with Crippen LogP contribution in [0.25, 0.3) is 0 Å². The summed E-state index contributed by atoms with van der Waals surface area (Å²) in [7, 11) is -3.73. The zero-order valence-electron chi connectivity index (χ0n) is 8.26. The van der Waals surface area contributed by atoms with Crippen molar-refractivity contribution in [3.05, 3.63) is 49.1 Å². The van der Waals surface area contributed by atoms with Crippen molar-refractivity contribution in [1.29, 1.82) is 0 Å². The van der Waals surface area contributed by atoms with Gasteiger partial charge < -0.3 is 0 Å². The van der Waals surface area contributed by atoms with E-state index in [-0.39, 0.29) is 5.16 Å². The highest BCUT2D eigenvalue weighted by atomic mass is 32.2. The normalized spacial score (nSPS) is 10.1. The molecule has 84 valence electrons. The Hall–Kier alpha value is -1.86. The third-order valence-corrected chi connectivity index (χ3v) is 2.08. The molecule has 0 radical (unpaired) electrons. The third kappa shape index (κ3) is 4.58. The van der Waals surface area contributed by atoms with E-state index in [1.54, 1.807) is 12.4 Å². The van der Waals surface area contributed by atoms with Gasteiger partial charge in [0, 0.05) is 24.8 Å². The van der Waals surface area contributed by atoms with E-state index < -0.39 is 10.0 Å². The molecule has 2 aromatic heterocycles. The Labute approximate surface area is 93.3 Å². The van der Waals surface area contributed by atoms with Crippen LogP contribution in [-0.2, 0) is 10.0 Å². The van der Waals surface area contributed by atoms with Crippen LogP contribution in [0.4, 0.5) is 0 Å². The highest BCUT2D eigenvalue weighted by molar-refractivity contribution is 7.89. The van der Waals surface area contributed by atoms with Crippen molar-refractivity contribution in [2.45, 2.75) is 5.16 Å². The lowest BCUT2D eigenvalue weighted by Gasteiger charge is -1.91. The summed E-state index contributed by atoms with van der Waals surface area (Å²) in [4.78, 5) is 10.6. The van der Waals surface area contributed by atoms with Crippen molar-refractivity contribution >= 4 is 10.0 Å². The molecular weight excluding hydrogens is 228 g/mol. The van der Waals surface area contributed by atoms with Gasteiger partial charge >= 0.3 is 0 Å². The number of rotatable bonds is 1. The van der Waals surface area contributed by atoms with Crippen LogP contribution in [0.2, 0.25) is 0 Å². The fraction of sp³-hybridized carbons (Fsp3) is 0. The SMILES string of the molecule is NS(=O)(=O)c1ncccn1.c1ccncc1. The van der Waals surface area contributed by atoms with E-state index in [1.165, 1.54) is 18.5 Å². The second kappa shape index (κ2) is 5.89. The molecule has 0 spiro atoms. The molecule has 7 heteroatoms. The molecular formula is C9H10N4O2S. The summed E-state index contributed by atoms with van der Waals surface area (Å²) in [6.07, 6.45) is 6.12. The topological polar surface area (TPSA) is 98.8 Å². The maximum atomic E-state index is 10.5. The van der Waals surface area contributed by atoms with Gasteiger partial charge in [0.1, 0.15) is 0 Å². The Morgan fingerprint density at radius 3 is 1.69 bits per heavy atom. The van der Waals surface area contributed by atoms with Gasteiger partial charge in [0.15, 0.2) is 0 Å². The van der Waals surface area contributed by atoms with E-state index in [0.717, 1.165) is 0 Å². The minimum atomic E-state index is -3.73. The largest absolute Gasteiger partial charge is 0.273 e. The van der Waals surface area contributed by atoms with Gasteiger partial charge in [-0.15, -0.1) is 0 Å². The maximum Gasteiger partial charge on any atom is 0.273 e. The molecule has 0 amide bonds. The first-order chi connectivity index (χ1) is 7.61. The van der Waals surface area contributed by atoms with Gasteiger partial charge in [-0.1, -0.05) is 6.07 Å². The Morgan fingerprint density at radius 2 is 1.44 bits per heavy atom. The van der Waals surface area contributed by atoms with Gasteiger partial charge in [-0.25, -0.2) is 23.5 Å². The molecule has 0 aliphatic heterocycles. The van der Waals surface area contributed by atoms with Crippen LogP contribution < -0.4 is 5.14 Å². The molecule has 0 atom stereocenters. The summed E-state index contributed by atoms with van der Waals surface area (Å²) in [5, 5.41) is 4.35. The standard InChI is InChI=1S/C5H5N.C4H5N3O2S/c1-2-4-6-5-3-1;5-10(8,9)4-6-2-1-3-7-4/h1-5H;1-3H,(H2,5,8,9). The Balaban J connectivity index is 0.000000181. The first-order valence-corrected chi connectivity index (χ1v) is 5.80. The first kappa shape index (κ1) is 12.2. The molecule has 0 aliphatic carbocycles. The second-order valence-electron chi connectivity index (χ2n) is 2.60. The Morgan fingerprint density at radius 1 is 0.875 bits per heavy atom. The van der Waals surface area contributed by atoms with E-state index >= 15 is 0 Å². The molecule has 2 heterocycles. The molecule has 0 fully saturated rings. The summed E-state index contributed by atoms with van der Waals surface area (Å²) in [5.41, 5.74) is 0. The fourth-order valence-electron chi connectivity index (χ4n) is 0.745. The summed E-state index contributed by atoms with van der Waals surface area (Å²) in [6.45, 7) is 0. The number of hydrogen-bond acceptors (Lipinski definition) is 5. The summed E-state index contributed by atoms with van der Waals surface area (Å²) in [5.74, 6) is 0. The Bertz CT molecular complexity index is 475. The van der Waals surface area contributed by atoms with Crippen molar-refractivity contribution in [2.24, 2.45) is 5.14 Å². The number of primary sulfonamides is 1. The van der Waals surface area contributed by atoms with Gasteiger partial charge in [0.2, 0.25) is 0 Å². The number of hydrogen-bond donors (Lipinski definition) is 1. The van der Waals surface area contributed by atoms with E-state index in [9.17, 15) is 8.42 Å². The fourth-order valence-corrected chi connectivity index (χ4v) is 1.16. The van der Waals surface area contributed by atoms with Crippen molar-refractivity contribution < 1.29 is 8.42 Å². The van der Waals surface area contributed by atoms with Gasteiger partial charge in [-0.2, -0.15) is 0 Å². The lowest BCUT2D eigenvalue weighted by molar-refractivity contribution is 0.588. The molecule has 2 aromatic rings. The highest BCUT2D eigenvalue weighted by Crippen LogP contribution is 1.92. The van der Waals surface area contributed by atoms with E-state index in [4.69, 9.17) is 5.14 Å². The average Bonchev–Trinajstić information content (AvgIpc) is 2.32. The molecule has 0 bridgehead atoms. The minimum Gasteiger partial charge on any atom is -0.265 e. The number of aromatic nitrogens is 3. The summed E-state index contributed by atoms with van der Waals surface area (Å²) >= 11 is 0. The highest BCUT2D eigenvalue weighted by Gasteiger charge is 2.08. The predicted molar refractivity (Wildman–Crippen MR) is 57.6 cm³/mol. The molecule has 6 nitrogen and oxygen atoms in total. The molecule has 0 aromatic carbocycles. The monoisotopic (exact) mass is 238 g/mol. The van der Waals surface area contributed by atoms with Crippen LogP contribution in [0.3, 0.4) is 0 Å². The third-order valence-electron chi connectivity index (χ3n) is 1.36. The van der Waals surface area contributed by atoms with Crippen LogP contribution in [0.5, 0.6) is 0 Å². The summed E-state index contributed by atoms with van der Waals surface area (Å²) < 4.78 is 21.0. The van der Waals surface area contributed by atoms with Crippen molar-refractivity contribution in [3.8, 4) is 0 Å². The van der Waals surface area contributed by atoms with Crippen molar-refractivity contribution in [3.63, 3.8) is 0 Å². The van der Waals surface area contributed by atoms with E-state index in [2.05, 4.69) is 15.0 Å². The van der Waals surface area contributed by atoms with Gasteiger partial charge in [-0.05, 0) is 18.2 Å². The Kier molecular flexibility index (Phi) is 4.49. The molecule has 2 rings (SSSR count). The lowest BCUT2D eigenvalue weighted by Crippen LogP contribution is -2.15. The van der Waals surface area contributed by atoms with E-state index in [1.807, 2.05) is 18.2 Å². The predicted octanol–water partition coefficient (Wildman–Crippen LogP) is 0.206. The summed E-state index contributed by atoms with van der Waals surface area (Å²) in [6, 6.07) is 7.22. The van der Waals surface area contributed by atoms with Crippen molar-refractivity contribution in [1.82, 2.24) is 15.0 Å². The molecule has 16 heavy (non-hydrogen) atoms.